The van der Waals surface area contributed by atoms with Crippen molar-refractivity contribution in [2.45, 2.75) is 39.0 Å². The van der Waals surface area contributed by atoms with Crippen LogP contribution in [0.1, 0.15) is 59.7 Å². The summed E-state index contributed by atoms with van der Waals surface area (Å²) in [5.41, 5.74) is 0.877. The summed E-state index contributed by atoms with van der Waals surface area (Å²) >= 11 is 0. The average Bonchev–Trinajstić information content (AvgIpc) is 3.48. The molecule has 17 nitrogen and oxygen atoms in total. The Kier molecular flexibility index (Phi) is 34.2. The van der Waals surface area contributed by atoms with E-state index in [9.17, 15) is 14.4 Å². The first kappa shape index (κ1) is 51.5. The van der Waals surface area contributed by atoms with Gasteiger partial charge in [-0.15, -0.1) is 0 Å². The highest BCUT2D eigenvalue weighted by Crippen LogP contribution is 2.21. The molecule has 0 N–H and O–H groups in total. The van der Waals surface area contributed by atoms with Crippen LogP contribution in [0.3, 0.4) is 0 Å². The van der Waals surface area contributed by atoms with Crippen LogP contribution in [0, 0.1) is 0 Å². The van der Waals surface area contributed by atoms with E-state index in [1.807, 2.05) is 0 Å². The van der Waals surface area contributed by atoms with Gasteiger partial charge in [-0.05, 0) is 18.6 Å². The molecule has 1 aliphatic heterocycles. The number of nitrogens with zero attached hydrogens (tertiary/aromatic N) is 1. The molecule has 0 saturated carbocycles. The highest BCUT2D eigenvalue weighted by Gasteiger charge is 2.34. The van der Waals surface area contributed by atoms with Gasteiger partial charge in [0.15, 0.2) is 0 Å². The second kappa shape index (κ2) is 38.5. The van der Waals surface area contributed by atoms with Crippen LogP contribution < -0.4 is 0 Å². The Balaban J connectivity index is 1.15. The molecule has 2 amide bonds. The fourth-order valence-electron chi connectivity index (χ4n) is 5.10. The Bertz CT molecular complexity index is 1110. The number of hydrogen-bond donors (Lipinski definition) is 0. The summed E-state index contributed by atoms with van der Waals surface area (Å²) in [6, 6.07) is 6.81. The molecule has 1 aliphatic rings. The maximum absolute atomic E-state index is 12.3. The van der Waals surface area contributed by atoms with Gasteiger partial charge in [-0.25, -0.2) is 0 Å². The van der Waals surface area contributed by atoms with Gasteiger partial charge < -0.3 is 61.6 Å². The number of benzene rings is 1. The van der Waals surface area contributed by atoms with E-state index >= 15 is 0 Å². The Morgan fingerprint density at radius 2 is 0.707 bits per heavy atom. The molecule has 0 aliphatic carbocycles. The van der Waals surface area contributed by atoms with E-state index in [2.05, 4.69) is 6.92 Å². The number of esters is 1. The summed E-state index contributed by atoms with van der Waals surface area (Å²) in [4.78, 5) is 37.4. The SMILES string of the molecule is CCCCCCC(=O)OCCOCCOCCOCCOCCOCCOCCOCCOCCOCCOCCOCCOCCN1C(=O)c2ccccc2C1=O. The zero-order valence-electron chi connectivity index (χ0n) is 34.7. The number of rotatable bonds is 44. The van der Waals surface area contributed by atoms with Gasteiger partial charge in [0, 0.05) is 6.42 Å². The Labute approximate surface area is 344 Å². The van der Waals surface area contributed by atoms with Gasteiger partial charge in [0.05, 0.1) is 176 Å². The normalized spacial score (nSPS) is 12.5. The minimum absolute atomic E-state index is 0.159. The maximum Gasteiger partial charge on any atom is 0.305 e. The number of fused-ring (bicyclic) bond motifs is 1. The fraction of sp³-hybridized carbons (Fsp3) is 0.780. The van der Waals surface area contributed by atoms with Gasteiger partial charge in [-0.3, -0.25) is 19.3 Å². The van der Waals surface area contributed by atoms with Crippen molar-refractivity contribution < 1.29 is 76.0 Å². The van der Waals surface area contributed by atoms with Crippen molar-refractivity contribution >= 4 is 17.8 Å². The molecule has 0 fully saturated rings. The number of amides is 2. The van der Waals surface area contributed by atoms with Gasteiger partial charge in [0.1, 0.15) is 6.61 Å². The zero-order chi connectivity index (χ0) is 41.4. The molecule has 0 atom stereocenters. The Morgan fingerprint density at radius 3 is 1.02 bits per heavy atom. The van der Waals surface area contributed by atoms with Crippen LogP contribution in [0.15, 0.2) is 24.3 Å². The molecule has 334 valence electrons. The molecule has 1 aromatic carbocycles. The predicted molar refractivity (Wildman–Crippen MR) is 211 cm³/mol. The lowest BCUT2D eigenvalue weighted by atomic mass is 10.1. The number of carbonyl (C=O) groups excluding carboxylic acids is 3. The van der Waals surface area contributed by atoms with E-state index in [1.54, 1.807) is 24.3 Å². The zero-order valence-corrected chi connectivity index (χ0v) is 34.7. The molecule has 0 spiro atoms. The van der Waals surface area contributed by atoms with Gasteiger partial charge in [-0.2, -0.15) is 0 Å². The van der Waals surface area contributed by atoms with Crippen LogP contribution in [-0.4, -0.2) is 194 Å². The smallest absolute Gasteiger partial charge is 0.305 e. The third-order valence-corrected chi connectivity index (χ3v) is 8.15. The van der Waals surface area contributed by atoms with Crippen LogP contribution in [0.2, 0.25) is 0 Å². The third-order valence-electron chi connectivity index (χ3n) is 8.15. The van der Waals surface area contributed by atoms with Crippen molar-refractivity contribution in [1.82, 2.24) is 4.90 Å². The summed E-state index contributed by atoms with van der Waals surface area (Å²) in [5, 5.41) is 0. The second-order valence-corrected chi connectivity index (χ2v) is 12.7. The van der Waals surface area contributed by atoms with Crippen molar-refractivity contribution in [3.05, 3.63) is 35.4 Å². The average molecular weight is 832 g/mol. The molecule has 2 rings (SSSR count). The van der Waals surface area contributed by atoms with E-state index in [1.165, 1.54) is 4.90 Å². The molecule has 0 aromatic heterocycles. The monoisotopic (exact) mass is 831 g/mol. The van der Waals surface area contributed by atoms with Crippen molar-refractivity contribution in [3.8, 4) is 0 Å². The van der Waals surface area contributed by atoms with Gasteiger partial charge >= 0.3 is 5.97 Å². The predicted octanol–water partition coefficient (Wildman–Crippen LogP) is 3.00. The number of imide groups is 1. The molecule has 58 heavy (non-hydrogen) atoms. The third kappa shape index (κ3) is 27.9. The van der Waals surface area contributed by atoms with E-state index < -0.39 is 0 Å². The minimum atomic E-state index is -0.281. The first-order valence-electron chi connectivity index (χ1n) is 20.7. The van der Waals surface area contributed by atoms with Crippen LogP contribution in [0.25, 0.3) is 0 Å². The lowest BCUT2D eigenvalue weighted by Crippen LogP contribution is -2.33. The first-order valence-corrected chi connectivity index (χ1v) is 20.7. The Morgan fingerprint density at radius 1 is 0.414 bits per heavy atom. The van der Waals surface area contributed by atoms with E-state index in [-0.39, 0.29) is 37.5 Å². The number of ether oxygens (including phenoxy) is 13. The Hall–Kier alpha value is -2.65. The van der Waals surface area contributed by atoms with E-state index in [0.29, 0.717) is 170 Å². The van der Waals surface area contributed by atoms with Crippen molar-refractivity contribution in [1.29, 1.82) is 0 Å². The van der Waals surface area contributed by atoms with Crippen molar-refractivity contribution in [3.63, 3.8) is 0 Å². The highest BCUT2D eigenvalue weighted by molar-refractivity contribution is 6.21. The maximum atomic E-state index is 12.3. The lowest BCUT2D eigenvalue weighted by molar-refractivity contribution is -0.145. The van der Waals surface area contributed by atoms with Crippen LogP contribution >= 0.6 is 0 Å². The molecular weight excluding hydrogens is 762 g/mol. The van der Waals surface area contributed by atoms with Crippen LogP contribution in [-0.2, 0) is 66.4 Å². The minimum Gasteiger partial charge on any atom is -0.463 e. The second-order valence-electron chi connectivity index (χ2n) is 12.7. The summed E-state index contributed by atoms with van der Waals surface area (Å²) in [7, 11) is 0. The molecule has 0 unspecified atom stereocenters. The summed E-state index contributed by atoms with van der Waals surface area (Å²) in [5.74, 6) is -0.722. The molecule has 1 heterocycles. The van der Waals surface area contributed by atoms with Crippen LogP contribution in [0.4, 0.5) is 0 Å². The lowest BCUT2D eigenvalue weighted by Gasteiger charge is -2.13. The molecule has 0 radical (unpaired) electrons. The summed E-state index contributed by atoms with van der Waals surface area (Å²) in [6.07, 6.45) is 4.73. The fourth-order valence-corrected chi connectivity index (χ4v) is 5.10. The van der Waals surface area contributed by atoms with Gasteiger partial charge in [0.25, 0.3) is 11.8 Å². The van der Waals surface area contributed by atoms with Crippen molar-refractivity contribution in [2.24, 2.45) is 0 Å². The van der Waals surface area contributed by atoms with Crippen molar-refractivity contribution in [2.75, 3.05) is 172 Å². The molecule has 1 aromatic rings. The largest absolute Gasteiger partial charge is 0.463 e. The number of unbranched alkanes of at least 4 members (excludes halogenated alkanes) is 3. The van der Waals surface area contributed by atoms with Gasteiger partial charge in [-0.1, -0.05) is 38.3 Å². The molecular formula is C41H69NO16. The number of carbonyl (C=O) groups is 3. The van der Waals surface area contributed by atoms with Gasteiger partial charge in [0.2, 0.25) is 0 Å². The number of hydrogen-bond acceptors (Lipinski definition) is 16. The topological polar surface area (TPSA) is 174 Å². The molecule has 0 bridgehead atoms. The summed E-state index contributed by atoms with van der Waals surface area (Å²) < 4.78 is 70.8. The first-order chi connectivity index (χ1) is 28.6. The molecule has 0 saturated heterocycles. The van der Waals surface area contributed by atoms with Crippen LogP contribution in [0.5, 0.6) is 0 Å². The van der Waals surface area contributed by atoms with E-state index in [4.69, 9.17) is 61.6 Å². The summed E-state index contributed by atoms with van der Waals surface area (Å²) in [6.45, 7) is 13.4. The standard InChI is InChI=1S/C41H69NO16/c1-2-3-4-5-10-39(43)58-36-35-57-34-33-56-32-31-55-30-29-54-28-27-53-26-25-52-24-23-51-22-21-50-20-19-49-18-17-48-16-15-47-14-13-46-12-11-42-40(44)37-8-6-7-9-38(37)41(42)45/h6-9H,2-5,10-36H2,1H3. The molecule has 17 heteroatoms. The van der Waals surface area contributed by atoms with E-state index in [0.717, 1.165) is 25.7 Å². The highest BCUT2D eigenvalue weighted by atomic mass is 16.6. The quantitative estimate of drug-likeness (QED) is 0.0533.